The molecule has 0 atom stereocenters. The van der Waals surface area contributed by atoms with Gasteiger partial charge in [0, 0.05) is 11.8 Å². The fourth-order valence-corrected chi connectivity index (χ4v) is 1.66. The van der Waals surface area contributed by atoms with Gasteiger partial charge < -0.3 is 16.2 Å². The Hall–Kier alpha value is -2.14. The van der Waals surface area contributed by atoms with Crippen molar-refractivity contribution in [1.82, 2.24) is 9.97 Å². The number of nitrogens with zero attached hydrogens (tertiary/aromatic N) is 2. The van der Waals surface area contributed by atoms with E-state index in [1.54, 1.807) is 18.2 Å². The van der Waals surface area contributed by atoms with E-state index in [2.05, 4.69) is 21.0 Å². The minimum Gasteiger partial charge on any atom is -0.507 e. The summed E-state index contributed by atoms with van der Waals surface area (Å²) in [6, 6.07) is 8.93. The summed E-state index contributed by atoms with van der Waals surface area (Å²) in [4.78, 5) is 8.74. The van der Waals surface area contributed by atoms with Crippen molar-refractivity contribution in [3.63, 3.8) is 0 Å². The van der Waals surface area contributed by atoms with Crippen LogP contribution in [-0.2, 0) is 0 Å². The zero-order chi connectivity index (χ0) is 13.0. The van der Waals surface area contributed by atoms with Gasteiger partial charge >= 0.3 is 0 Å². The van der Waals surface area contributed by atoms with Gasteiger partial charge in [-0.3, -0.25) is 0 Å². The number of aromatic hydroxyl groups is 1. The topological polar surface area (TPSA) is 85.7 Å². The number of quaternary nitrogens is 1. The number of hydrogen-bond donors (Lipinski definition) is 3. The van der Waals surface area contributed by atoms with Crippen molar-refractivity contribution in [2.75, 3.05) is 18.4 Å². The molecule has 1 heterocycles. The van der Waals surface area contributed by atoms with E-state index in [1.807, 2.05) is 19.1 Å². The molecule has 0 saturated carbocycles. The normalized spacial score (nSPS) is 10.3. The van der Waals surface area contributed by atoms with Crippen LogP contribution >= 0.6 is 0 Å². The van der Waals surface area contributed by atoms with Gasteiger partial charge in [-0.15, -0.1) is 0 Å². The van der Waals surface area contributed by atoms with Crippen LogP contribution in [0.5, 0.6) is 5.75 Å². The second kappa shape index (κ2) is 5.46. The molecule has 5 N–H and O–H groups in total. The molecule has 0 bridgehead atoms. The Balaban J connectivity index is 2.39. The molecule has 0 aliphatic rings. The Morgan fingerprint density at radius 3 is 2.78 bits per heavy atom. The van der Waals surface area contributed by atoms with E-state index in [-0.39, 0.29) is 5.75 Å². The molecule has 0 aliphatic heterocycles. The number of nitrogens with one attached hydrogen (secondary N) is 1. The zero-order valence-corrected chi connectivity index (χ0v) is 10.3. The van der Waals surface area contributed by atoms with Gasteiger partial charge in [-0.1, -0.05) is 12.1 Å². The Kier molecular flexibility index (Phi) is 3.74. The highest BCUT2D eigenvalue weighted by Gasteiger charge is 2.08. The first-order valence-electron chi connectivity index (χ1n) is 5.88. The highest BCUT2D eigenvalue weighted by Crippen LogP contribution is 2.26. The van der Waals surface area contributed by atoms with Gasteiger partial charge in [-0.25, -0.2) is 9.97 Å². The lowest BCUT2D eigenvalue weighted by Crippen LogP contribution is -2.53. The maximum absolute atomic E-state index is 9.81. The van der Waals surface area contributed by atoms with Gasteiger partial charge in [-0.05, 0) is 19.1 Å². The van der Waals surface area contributed by atoms with Crippen LogP contribution in [0.1, 0.15) is 5.69 Å². The lowest BCUT2D eigenvalue weighted by atomic mass is 10.2. The predicted molar refractivity (Wildman–Crippen MR) is 70.1 cm³/mol. The Morgan fingerprint density at radius 1 is 1.28 bits per heavy atom. The first-order chi connectivity index (χ1) is 8.70. The van der Waals surface area contributed by atoms with Gasteiger partial charge in [-0.2, -0.15) is 0 Å². The van der Waals surface area contributed by atoms with Crippen LogP contribution in [0.4, 0.5) is 5.82 Å². The van der Waals surface area contributed by atoms with Crippen molar-refractivity contribution >= 4 is 5.82 Å². The van der Waals surface area contributed by atoms with E-state index in [0.717, 1.165) is 24.6 Å². The van der Waals surface area contributed by atoms with E-state index >= 15 is 0 Å². The van der Waals surface area contributed by atoms with Crippen LogP contribution < -0.4 is 11.1 Å². The molecular weight excluding hydrogens is 228 g/mol. The maximum Gasteiger partial charge on any atom is 0.165 e. The summed E-state index contributed by atoms with van der Waals surface area (Å²) in [5.74, 6) is 1.47. The van der Waals surface area contributed by atoms with Gasteiger partial charge in [0.25, 0.3) is 0 Å². The first kappa shape index (κ1) is 12.3. The van der Waals surface area contributed by atoms with E-state index in [4.69, 9.17) is 0 Å². The maximum atomic E-state index is 9.81. The average molecular weight is 245 g/mol. The Morgan fingerprint density at radius 2 is 2.06 bits per heavy atom. The molecule has 2 rings (SSSR count). The summed E-state index contributed by atoms with van der Waals surface area (Å²) in [5, 5.41) is 13.0. The van der Waals surface area contributed by atoms with Crippen LogP contribution in [0.15, 0.2) is 30.3 Å². The van der Waals surface area contributed by atoms with Gasteiger partial charge in [0.05, 0.1) is 18.7 Å². The molecule has 0 radical (unpaired) electrons. The second-order valence-corrected chi connectivity index (χ2v) is 4.02. The number of rotatable bonds is 4. The minimum atomic E-state index is 0.186. The number of para-hydroxylation sites is 1. The molecule has 0 unspecified atom stereocenters. The smallest absolute Gasteiger partial charge is 0.165 e. The number of aryl methyl sites for hydroxylation is 1. The van der Waals surface area contributed by atoms with Crippen molar-refractivity contribution < 1.29 is 10.8 Å². The average Bonchev–Trinajstić information content (AvgIpc) is 2.36. The van der Waals surface area contributed by atoms with E-state index in [0.29, 0.717) is 11.4 Å². The molecule has 0 spiro atoms. The van der Waals surface area contributed by atoms with E-state index < -0.39 is 0 Å². The summed E-state index contributed by atoms with van der Waals surface area (Å²) < 4.78 is 0. The monoisotopic (exact) mass is 245 g/mol. The fourth-order valence-electron chi connectivity index (χ4n) is 1.66. The third-order valence-electron chi connectivity index (χ3n) is 2.48. The molecule has 18 heavy (non-hydrogen) atoms. The number of aromatic nitrogens is 2. The molecular formula is C13H17N4O+. The van der Waals surface area contributed by atoms with E-state index in [9.17, 15) is 5.11 Å². The minimum absolute atomic E-state index is 0.186. The van der Waals surface area contributed by atoms with Crippen molar-refractivity contribution in [2.24, 2.45) is 0 Å². The standard InChI is InChI=1S/C13H16N4O/c1-9-8-12(15-7-6-14)17-13(16-9)10-4-2-3-5-11(10)18/h2-5,8,18H,6-7,14H2,1H3,(H,15,16,17)/p+1. The van der Waals surface area contributed by atoms with Crippen LogP contribution in [0.25, 0.3) is 11.4 Å². The summed E-state index contributed by atoms with van der Waals surface area (Å²) in [5.41, 5.74) is 5.27. The molecule has 2 aromatic rings. The van der Waals surface area contributed by atoms with Crippen molar-refractivity contribution in [3.8, 4) is 17.1 Å². The molecule has 5 nitrogen and oxygen atoms in total. The highest BCUT2D eigenvalue weighted by atomic mass is 16.3. The van der Waals surface area contributed by atoms with Crippen LogP contribution in [0, 0.1) is 6.92 Å². The largest absolute Gasteiger partial charge is 0.507 e. The van der Waals surface area contributed by atoms with Crippen molar-refractivity contribution in [1.29, 1.82) is 0 Å². The summed E-state index contributed by atoms with van der Waals surface area (Å²) in [6.45, 7) is 3.45. The zero-order valence-electron chi connectivity index (χ0n) is 10.3. The number of hydrogen-bond acceptors (Lipinski definition) is 4. The number of benzene rings is 1. The lowest BCUT2D eigenvalue weighted by molar-refractivity contribution is -0.362. The fraction of sp³-hybridized carbons (Fsp3) is 0.231. The molecule has 1 aromatic carbocycles. The summed E-state index contributed by atoms with van der Waals surface area (Å²) in [7, 11) is 0. The van der Waals surface area contributed by atoms with Crippen LogP contribution in [0.2, 0.25) is 0 Å². The third-order valence-corrected chi connectivity index (χ3v) is 2.48. The second-order valence-electron chi connectivity index (χ2n) is 4.02. The Labute approximate surface area is 106 Å². The van der Waals surface area contributed by atoms with Crippen LogP contribution in [-0.4, -0.2) is 28.2 Å². The van der Waals surface area contributed by atoms with Gasteiger partial charge in [0.15, 0.2) is 5.82 Å². The molecule has 0 amide bonds. The first-order valence-corrected chi connectivity index (χ1v) is 5.88. The molecule has 0 fully saturated rings. The van der Waals surface area contributed by atoms with E-state index in [1.165, 1.54) is 0 Å². The molecule has 0 saturated heterocycles. The lowest BCUT2D eigenvalue weighted by Gasteiger charge is -2.08. The summed E-state index contributed by atoms with van der Waals surface area (Å²) >= 11 is 0. The number of phenolic OH excluding ortho intramolecular Hbond substituents is 1. The third kappa shape index (κ3) is 2.75. The van der Waals surface area contributed by atoms with Gasteiger partial charge in [0.2, 0.25) is 0 Å². The highest BCUT2D eigenvalue weighted by molar-refractivity contribution is 5.64. The Bertz CT molecular complexity index is 542. The van der Waals surface area contributed by atoms with Crippen molar-refractivity contribution in [2.45, 2.75) is 6.92 Å². The molecule has 0 aliphatic carbocycles. The molecule has 5 heteroatoms. The number of anilines is 1. The molecule has 1 aromatic heterocycles. The predicted octanol–water partition coefficient (Wildman–Crippen LogP) is 0.811. The summed E-state index contributed by atoms with van der Waals surface area (Å²) in [6.07, 6.45) is 0. The van der Waals surface area contributed by atoms with Crippen molar-refractivity contribution in [3.05, 3.63) is 36.0 Å². The van der Waals surface area contributed by atoms with Crippen LogP contribution in [0.3, 0.4) is 0 Å². The molecule has 94 valence electrons. The SMILES string of the molecule is Cc1cc(NCC[NH3+])nc(-c2ccccc2O)n1. The quantitative estimate of drug-likeness (QED) is 0.744. The number of phenols is 1. The van der Waals surface area contributed by atoms with Gasteiger partial charge in [0.1, 0.15) is 11.6 Å².